The van der Waals surface area contributed by atoms with Crippen LogP contribution >= 0.6 is 11.3 Å². The molecule has 198 valence electrons. The number of phenols is 1. The summed E-state index contributed by atoms with van der Waals surface area (Å²) in [6.45, 7) is 6.77. The number of benzene rings is 2. The Hall–Kier alpha value is -3.89. The van der Waals surface area contributed by atoms with Crippen LogP contribution in [0.2, 0.25) is 0 Å². The van der Waals surface area contributed by atoms with Gasteiger partial charge in [0.1, 0.15) is 0 Å². The summed E-state index contributed by atoms with van der Waals surface area (Å²) in [6, 6.07) is 12.1. The van der Waals surface area contributed by atoms with Crippen molar-refractivity contribution >= 4 is 29.1 Å². The minimum atomic E-state index is -0.786. The number of nitrogens with zero attached hydrogens (tertiary/aromatic N) is 3. The minimum Gasteiger partial charge on any atom is -0.504 e. The van der Waals surface area contributed by atoms with E-state index in [1.165, 1.54) is 29.1 Å². The number of phenolic OH excluding ortho intramolecular Hbond substituents is 1. The number of carbonyl (C=O) groups excluding carboxylic acids is 1. The van der Waals surface area contributed by atoms with Crippen molar-refractivity contribution in [3.05, 3.63) is 84.5 Å². The molecule has 3 heterocycles. The van der Waals surface area contributed by atoms with E-state index in [0.717, 1.165) is 24.3 Å². The lowest BCUT2D eigenvalue weighted by molar-refractivity contribution is -0.139. The Morgan fingerprint density at radius 1 is 1.21 bits per heavy atom. The Bertz CT molecular complexity index is 1570. The molecule has 1 fully saturated rings. The molecule has 38 heavy (non-hydrogen) atoms. The number of aromatic nitrogens is 1. The molecule has 1 saturated heterocycles. The van der Waals surface area contributed by atoms with E-state index < -0.39 is 12.0 Å². The predicted octanol–water partition coefficient (Wildman–Crippen LogP) is 2.35. The number of anilines is 1. The van der Waals surface area contributed by atoms with Crippen LogP contribution in [0.1, 0.15) is 31.0 Å². The van der Waals surface area contributed by atoms with E-state index in [0.29, 0.717) is 33.8 Å². The molecular weight excluding hydrogens is 506 g/mol. The van der Waals surface area contributed by atoms with E-state index in [1.807, 2.05) is 30.3 Å². The molecule has 0 radical (unpaired) electrons. The monoisotopic (exact) mass is 535 g/mol. The van der Waals surface area contributed by atoms with E-state index in [9.17, 15) is 14.7 Å². The lowest BCUT2D eigenvalue weighted by Gasteiger charge is -2.28. The maximum Gasteiger partial charge on any atom is 0.338 e. The molecule has 3 aromatic rings. The Morgan fingerprint density at radius 2 is 1.95 bits per heavy atom. The number of rotatable bonds is 6. The van der Waals surface area contributed by atoms with Crippen LogP contribution < -0.4 is 24.5 Å². The molecule has 1 aromatic heterocycles. The zero-order chi connectivity index (χ0) is 26.8. The molecule has 10 heteroatoms. The largest absolute Gasteiger partial charge is 0.504 e. The van der Waals surface area contributed by atoms with E-state index in [2.05, 4.69) is 9.89 Å². The predicted molar refractivity (Wildman–Crippen MR) is 145 cm³/mol. The van der Waals surface area contributed by atoms with Gasteiger partial charge >= 0.3 is 5.97 Å². The number of morpholine rings is 1. The first-order valence-corrected chi connectivity index (χ1v) is 13.2. The average molecular weight is 536 g/mol. The normalized spacial score (nSPS) is 17.7. The molecule has 1 unspecified atom stereocenters. The van der Waals surface area contributed by atoms with Crippen LogP contribution in [0.25, 0.3) is 6.08 Å². The van der Waals surface area contributed by atoms with Crippen LogP contribution in [0.15, 0.2) is 63.5 Å². The lowest BCUT2D eigenvalue weighted by atomic mass is 9.95. The highest BCUT2D eigenvalue weighted by Gasteiger charge is 2.33. The molecule has 0 bridgehead atoms. The van der Waals surface area contributed by atoms with E-state index in [4.69, 9.17) is 14.2 Å². The third-order valence-electron chi connectivity index (χ3n) is 6.60. The van der Waals surface area contributed by atoms with E-state index in [1.54, 1.807) is 26.0 Å². The second kappa shape index (κ2) is 10.8. The van der Waals surface area contributed by atoms with Gasteiger partial charge in [0.05, 0.1) is 48.8 Å². The van der Waals surface area contributed by atoms with Gasteiger partial charge in [-0.1, -0.05) is 29.5 Å². The van der Waals surface area contributed by atoms with Gasteiger partial charge in [0.2, 0.25) is 0 Å². The molecular formula is C28H29N3O6S. The molecule has 5 rings (SSSR count). The second-order valence-electron chi connectivity index (χ2n) is 8.92. The number of carbonyl (C=O) groups is 1. The topological polar surface area (TPSA) is 103 Å². The smallest absolute Gasteiger partial charge is 0.338 e. The van der Waals surface area contributed by atoms with Gasteiger partial charge in [-0.3, -0.25) is 9.36 Å². The summed E-state index contributed by atoms with van der Waals surface area (Å²) in [7, 11) is 1.45. The Morgan fingerprint density at radius 3 is 2.63 bits per heavy atom. The zero-order valence-electron chi connectivity index (χ0n) is 21.5. The first kappa shape index (κ1) is 25.7. The standard InChI is InChI=1S/C28H29N3O6S/c1-4-37-27(34)24-17(2)29-28-31(25(24)19-7-10-21(32)22(16-19)35-3)26(33)23(38-28)15-18-5-8-20(9-6-18)30-11-13-36-14-12-30/h5-10,15-16,25,32H,4,11-14H2,1-3H3/b23-15-. The van der Waals surface area contributed by atoms with Crippen LogP contribution in [0.4, 0.5) is 5.69 Å². The molecule has 0 saturated carbocycles. The second-order valence-corrected chi connectivity index (χ2v) is 9.93. The summed E-state index contributed by atoms with van der Waals surface area (Å²) in [5.41, 5.74) is 3.08. The Labute approximate surface area is 223 Å². The zero-order valence-corrected chi connectivity index (χ0v) is 22.3. The highest BCUT2D eigenvalue weighted by atomic mass is 32.1. The average Bonchev–Trinajstić information content (AvgIpc) is 3.23. The molecule has 0 spiro atoms. The summed E-state index contributed by atoms with van der Waals surface area (Å²) in [4.78, 5) is 34.2. The minimum absolute atomic E-state index is 0.0393. The van der Waals surface area contributed by atoms with Gasteiger partial charge in [0, 0.05) is 18.8 Å². The number of hydrogen-bond donors (Lipinski definition) is 1. The Balaban J connectivity index is 1.60. The summed E-state index contributed by atoms with van der Waals surface area (Å²) < 4.78 is 18.1. The molecule has 0 amide bonds. The molecule has 2 aliphatic rings. The first-order chi connectivity index (χ1) is 18.4. The highest BCUT2D eigenvalue weighted by molar-refractivity contribution is 7.07. The van der Waals surface area contributed by atoms with E-state index in [-0.39, 0.29) is 29.2 Å². The van der Waals surface area contributed by atoms with Crippen LogP contribution in [0.3, 0.4) is 0 Å². The maximum atomic E-state index is 13.8. The van der Waals surface area contributed by atoms with Gasteiger partial charge in [-0.25, -0.2) is 9.79 Å². The van der Waals surface area contributed by atoms with Crippen molar-refractivity contribution in [3.8, 4) is 11.5 Å². The number of thiazole rings is 1. The molecule has 2 aliphatic heterocycles. The van der Waals surface area contributed by atoms with Crippen LogP contribution in [-0.4, -0.2) is 55.7 Å². The summed E-state index contributed by atoms with van der Waals surface area (Å²) in [5, 5.41) is 10.1. The van der Waals surface area contributed by atoms with Crippen LogP contribution in [0, 0.1) is 0 Å². The van der Waals surface area contributed by atoms with Crippen molar-refractivity contribution < 1.29 is 24.1 Å². The number of aromatic hydroxyl groups is 1. The number of fused-ring (bicyclic) bond motifs is 1. The molecule has 0 aliphatic carbocycles. The quantitative estimate of drug-likeness (QED) is 0.484. The van der Waals surface area contributed by atoms with Crippen molar-refractivity contribution in [2.75, 3.05) is 44.9 Å². The number of methoxy groups -OCH3 is 1. The Kier molecular flexibility index (Phi) is 7.35. The number of ether oxygens (including phenoxy) is 3. The van der Waals surface area contributed by atoms with Gasteiger partial charge in [-0.05, 0) is 55.3 Å². The third kappa shape index (κ3) is 4.84. The van der Waals surface area contributed by atoms with Crippen molar-refractivity contribution in [3.63, 3.8) is 0 Å². The summed E-state index contributed by atoms with van der Waals surface area (Å²) in [5.74, 6) is -0.343. The number of hydrogen-bond acceptors (Lipinski definition) is 9. The molecule has 1 N–H and O–H groups in total. The van der Waals surface area contributed by atoms with Gasteiger partial charge in [0.25, 0.3) is 5.56 Å². The van der Waals surface area contributed by atoms with Crippen LogP contribution in [0.5, 0.6) is 11.5 Å². The van der Waals surface area contributed by atoms with Gasteiger partial charge in [-0.15, -0.1) is 0 Å². The van der Waals surface area contributed by atoms with Gasteiger partial charge in [-0.2, -0.15) is 0 Å². The van der Waals surface area contributed by atoms with Crippen LogP contribution in [-0.2, 0) is 14.3 Å². The SMILES string of the molecule is CCOC(=O)C1=C(C)N=c2s/c(=C\c3ccc(N4CCOCC4)cc3)c(=O)n2C1c1ccc(O)c(OC)c1. The highest BCUT2D eigenvalue weighted by Crippen LogP contribution is 2.35. The van der Waals surface area contributed by atoms with Gasteiger partial charge < -0.3 is 24.2 Å². The first-order valence-electron chi connectivity index (χ1n) is 12.4. The van der Waals surface area contributed by atoms with Crippen molar-refractivity contribution in [1.29, 1.82) is 0 Å². The van der Waals surface area contributed by atoms with E-state index >= 15 is 0 Å². The molecule has 2 aromatic carbocycles. The lowest BCUT2D eigenvalue weighted by Crippen LogP contribution is -2.39. The van der Waals surface area contributed by atoms with Crippen molar-refractivity contribution in [1.82, 2.24) is 4.57 Å². The van der Waals surface area contributed by atoms with Crippen molar-refractivity contribution in [2.45, 2.75) is 19.9 Å². The molecule has 1 atom stereocenters. The fraction of sp³-hybridized carbons (Fsp3) is 0.321. The summed E-state index contributed by atoms with van der Waals surface area (Å²) >= 11 is 1.27. The third-order valence-corrected chi connectivity index (χ3v) is 7.59. The number of allylic oxidation sites excluding steroid dienone is 1. The summed E-state index contributed by atoms with van der Waals surface area (Å²) in [6.07, 6.45) is 1.84. The fourth-order valence-electron chi connectivity index (χ4n) is 4.73. The van der Waals surface area contributed by atoms with Crippen molar-refractivity contribution in [2.24, 2.45) is 4.99 Å². The number of esters is 1. The van der Waals surface area contributed by atoms with Gasteiger partial charge in [0.15, 0.2) is 16.3 Å². The molecule has 9 nitrogen and oxygen atoms in total. The fourth-order valence-corrected chi connectivity index (χ4v) is 5.77. The maximum absolute atomic E-state index is 13.8.